The number of anilines is 1. The van der Waals surface area contributed by atoms with Crippen LogP contribution in [0, 0.1) is 0 Å². The van der Waals surface area contributed by atoms with Crippen LogP contribution < -0.4 is 19.7 Å². The summed E-state index contributed by atoms with van der Waals surface area (Å²) in [6.45, 7) is 3.08. The van der Waals surface area contributed by atoms with Gasteiger partial charge in [-0.3, -0.25) is 9.69 Å². The highest BCUT2D eigenvalue weighted by Gasteiger charge is 2.33. The Morgan fingerprint density at radius 1 is 1.39 bits per heavy atom. The Morgan fingerprint density at radius 3 is 3.04 bits per heavy atom. The minimum atomic E-state index is -0.451. The largest absolute Gasteiger partial charge is 0.454 e. The van der Waals surface area contributed by atoms with Gasteiger partial charge in [-0.05, 0) is 19.1 Å². The van der Waals surface area contributed by atoms with Crippen LogP contribution in [0.15, 0.2) is 18.2 Å². The first-order valence-corrected chi connectivity index (χ1v) is 7.39. The molecule has 1 N–H and O–H groups in total. The smallest absolute Gasteiger partial charge is 0.414 e. The molecule has 3 rings (SSSR count). The van der Waals surface area contributed by atoms with Crippen LogP contribution in [-0.4, -0.2) is 51.2 Å². The number of cyclic esters (lactones) is 1. The Balaban J connectivity index is 1.56. The van der Waals surface area contributed by atoms with Crippen LogP contribution in [0.1, 0.15) is 6.92 Å². The molecule has 0 saturated carbocycles. The third-order valence-electron chi connectivity index (χ3n) is 3.51. The van der Waals surface area contributed by atoms with Crippen LogP contribution >= 0.6 is 0 Å². The Hall–Kier alpha value is -2.48. The van der Waals surface area contributed by atoms with Crippen LogP contribution in [0.4, 0.5) is 10.5 Å². The van der Waals surface area contributed by atoms with Crippen molar-refractivity contribution >= 4 is 17.7 Å². The molecule has 124 valence electrons. The molecule has 2 amide bonds. The molecule has 0 bridgehead atoms. The van der Waals surface area contributed by atoms with Gasteiger partial charge in [0.25, 0.3) is 0 Å². The Kier molecular flexibility index (Phi) is 4.52. The molecule has 2 heterocycles. The highest BCUT2D eigenvalue weighted by Crippen LogP contribution is 2.36. The van der Waals surface area contributed by atoms with E-state index >= 15 is 0 Å². The third kappa shape index (κ3) is 3.48. The Labute approximate surface area is 133 Å². The van der Waals surface area contributed by atoms with Crippen molar-refractivity contribution in [3.8, 4) is 11.5 Å². The molecule has 23 heavy (non-hydrogen) atoms. The molecule has 0 unspecified atom stereocenters. The van der Waals surface area contributed by atoms with Gasteiger partial charge in [0, 0.05) is 12.7 Å². The molecular formula is C15H18N2O6. The Morgan fingerprint density at radius 2 is 2.22 bits per heavy atom. The number of benzene rings is 1. The van der Waals surface area contributed by atoms with Gasteiger partial charge in [0.2, 0.25) is 12.7 Å². The average molecular weight is 322 g/mol. The molecular weight excluding hydrogens is 304 g/mol. The van der Waals surface area contributed by atoms with Crippen molar-refractivity contribution in [2.45, 2.75) is 13.0 Å². The number of hydrogen-bond donors (Lipinski definition) is 1. The Bertz CT molecular complexity index is 606. The average Bonchev–Trinajstić information content (AvgIpc) is 3.16. The molecule has 1 aromatic carbocycles. The summed E-state index contributed by atoms with van der Waals surface area (Å²) in [4.78, 5) is 25.0. The van der Waals surface area contributed by atoms with Crippen molar-refractivity contribution in [2.24, 2.45) is 0 Å². The van der Waals surface area contributed by atoms with Gasteiger partial charge in [0.05, 0.1) is 18.8 Å². The molecule has 1 saturated heterocycles. The molecule has 2 aliphatic rings. The fourth-order valence-corrected chi connectivity index (χ4v) is 2.37. The lowest BCUT2D eigenvalue weighted by molar-refractivity contribution is -0.125. The number of carbonyl (C=O) groups excluding carboxylic acids is 2. The summed E-state index contributed by atoms with van der Waals surface area (Å²) in [5.74, 6) is 1.02. The van der Waals surface area contributed by atoms with Crippen molar-refractivity contribution in [1.82, 2.24) is 5.32 Å². The van der Waals surface area contributed by atoms with Gasteiger partial charge in [0.1, 0.15) is 12.7 Å². The van der Waals surface area contributed by atoms with Crippen molar-refractivity contribution in [3.63, 3.8) is 0 Å². The van der Waals surface area contributed by atoms with Crippen LogP contribution in [0.2, 0.25) is 0 Å². The lowest BCUT2D eigenvalue weighted by atomic mass is 10.2. The first kappa shape index (κ1) is 15.4. The first-order valence-electron chi connectivity index (χ1n) is 7.39. The molecule has 0 aliphatic carbocycles. The lowest BCUT2D eigenvalue weighted by Crippen LogP contribution is -2.36. The second kappa shape index (κ2) is 6.74. The van der Waals surface area contributed by atoms with Gasteiger partial charge in [-0.1, -0.05) is 0 Å². The van der Waals surface area contributed by atoms with E-state index in [0.717, 1.165) is 0 Å². The van der Waals surface area contributed by atoms with E-state index in [1.54, 1.807) is 18.2 Å². The van der Waals surface area contributed by atoms with E-state index in [1.165, 1.54) is 4.90 Å². The molecule has 8 heteroatoms. The topological polar surface area (TPSA) is 86.3 Å². The highest BCUT2D eigenvalue weighted by molar-refractivity contribution is 5.90. The van der Waals surface area contributed by atoms with Gasteiger partial charge >= 0.3 is 6.09 Å². The van der Waals surface area contributed by atoms with E-state index in [0.29, 0.717) is 30.3 Å². The van der Waals surface area contributed by atoms with Gasteiger partial charge in [-0.25, -0.2) is 4.79 Å². The number of carbonyl (C=O) groups is 2. The van der Waals surface area contributed by atoms with Gasteiger partial charge in [-0.15, -0.1) is 0 Å². The number of nitrogens with zero attached hydrogens (tertiary/aromatic N) is 1. The second-order valence-electron chi connectivity index (χ2n) is 5.10. The van der Waals surface area contributed by atoms with Crippen LogP contribution in [0.5, 0.6) is 11.5 Å². The van der Waals surface area contributed by atoms with E-state index in [1.807, 2.05) is 6.92 Å². The molecule has 0 aromatic heterocycles. The fourth-order valence-electron chi connectivity index (χ4n) is 2.37. The van der Waals surface area contributed by atoms with Crippen molar-refractivity contribution in [1.29, 1.82) is 0 Å². The number of amides is 2. The molecule has 1 atom stereocenters. The van der Waals surface area contributed by atoms with E-state index in [-0.39, 0.29) is 25.9 Å². The number of rotatable bonds is 6. The van der Waals surface area contributed by atoms with Crippen LogP contribution in [-0.2, 0) is 14.3 Å². The number of fused-ring (bicyclic) bond motifs is 1. The predicted molar refractivity (Wildman–Crippen MR) is 79.7 cm³/mol. The van der Waals surface area contributed by atoms with Crippen molar-refractivity contribution in [3.05, 3.63) is 18.2 Å². The zero-order valence-electron chi connectivity index (χ0n) is 12.7. The monoisotopic (exact) mass is 322 g/mol. The maximum Gasteiger partial charge on any atom is 0.414 e. The van der Waals surface area contributed by atoms with Gasteiger partial charge < -0.3 is 24.3 Å². The summed E-state index contributed by atoms with van der Waals surface area (Å²) < 4.78 is 20.8. The van der Waals surface area contributed by atoms with E-state index in [2.05, 4.69) is 5.32 Å². The molecule has 0 spiro atoms. The summed E-state index contributed by atoms with van der Waals surface area (Å²) in [7, 11) is 0. The fraction of sp³-hybridized carbons (Fsp3) is 0.467. The minimum absolute atomic E-state index is 0.00302. The predicted octanol–water partition coefficient (Wildman–Crippen LogP) is 0.893. The summed E-state index contributed by atoms with van der Waals surface area (Å²) in [6.07, 6.45) is -0.855. The highest BCUT2D eigenvalue weighted by atomic mass is 16.7. The quantitative estimate of drug-likeness (QED) is 0.837. The SMILES string of the molecule is CCOCC(=O)NC[C@@H]1CN(c2ccc3c(c2)OCO3)C(=O)O1. The third-order valence-corrected chi connectivity index (χ3v) is 3.51. The molecule has 2 aliphatic heterocycles. The van der Waals surface area contributed by atoms with Gasteiger partial charge in [-0.2, -0.15) is 0 Å². The molecule has 0 radical (unpaired) electrons. The maximum absolute atomic E-state index is 12.0. The summed E-state index contributed by atoms with van der Waals surface area (Å²) in [6, 6.07) is 5.26. The van der Waals surface area contributed by atoms with E-state index in [4.69, 9.17) is 18.9 Å². The molecule has 8 nitrogen and oxygen atoms in total. The lowest BCUT2D eigenvalue weighted by Gasteiger charge is -2.13. The number of ether oxygens (including phenoxy) is 4. The van der Waals surface area contributed by atoms with Crippen LogP contribution in [0.25, 0.3) is 0 Å². The minimum Gasteiger partial charge on any atom is -0.454 e. The van der Waals surface area contributed by atoms with Crippen molar-refractivity contribution < 1.29 is 28.5 Å². The first-order chi connectivity index (χ1) is 11.2. The zero-order chi connectivity index (χ0) is 16.2. The standard InChI is InChI=1S/C15H18N2O6/c1-2-20-8-14(18)16-6-11-7-17(15(19)23-11)10-3-4-12-13(5-10)22-9-21-12/h3-5,11H,2,6-9H2,1H3,(H,16,18)/t11-/m1/s1. The summed E-state index contributed by atoms with van der Waals surface area (Å²) in [5.41, 5.74) is 0.669. The summed E-state index contributed by atoms with van der Waals surface area (Å²) in [5, 5.41) is 2.68. The molecule has 1 aromatic rings. The van der Waals surface area contributed by atoms with E-state index in [9.17, 15) is 9.59 Å². The van der Waals surface area contributed by atoms with Crippen molar-refractivity contribution in [2.75, 3.05) is 38.0 Å². The van der Waals surface area contributed by atoms with E-state index < -0.39 is 12.2 Å². The zero-order valence-corrected chi connectivity index (χ0v) is 12.7. The second-order valence-corrected chi connectivity index (χ2v) is 5.10. The van der Waals surface area contributed by atoms with Gasteiger partial charge in [0.15, 0.2) is 11.5 Å². The maximum atomic E-state index is 12.0. The number of nitrogens with one attached hydrogen (secondary N) is 1. The number of hydrogen-bond acceptors (Lipinski definition) is 6. The normalized spacial score (nSPS) is 18.9. The molecule has 1 fully saturated rings. The van der Waals surface area contributed by atoms with Crippen LogP contribution in [0.3, 0.4) is 0 Å². The summed E-state index contributed by atoms with van der Waals surface area (Å²) >= 11 is 0.